The molecular weight excluding hydrogens is 378 g/mol. The number of benzene rings is 2. The van der Waals surface area contributed by atoms with E-state index < -0.39 is 0 Å². The molecule has 1 heterocycles. The fourth-order valence-electron chi connectivity index (χ4n) is 2.43. The number of nitrogens with zero attached hydrogens (tertiary/aromatic N) is 1. The fourth-order valence-corrected chi connectivity index (χ4v) is 2.81. The molecule has 0 saturated heterocycles. The lowest BCUT2D eigenvalue weighted by Gasteiger charge is -2.10. The third-order valence-corrected chi connectivity index (χ3v) is 4.49. The van der Waals surface area contributed by atoms with Crippen molar-refractivity contribution >= 4 is 39.0 Å². The quantitative estimate of drug-likeness (QED) is 0.633. The van der Waals surface area contributed by atoms with Crippen molar-refractivity contribution in [3.63, 3.8) is 0 Å². The highest BCUT2D eigenvalue weighted by molar-refractivity contribution is 9.10. The molecule has 5 heteroatoms. The van der Waals surface area contributed by atoms with E-state index >= 15 is 0 Å². The van der Waals surface area contributed by atoms with Crippen LogP contribution < -0.4 is 10.6 Å². The Kier molecular flexibility index (Phi) is 5.46. The Hall–Kier alpha value is -2.66. The van der Waals surface area contributed by atoms with Crippen molar-refractivity contribution in [1.29, 1.82) is 0 Å². The first-order valence-corrected chi connectivity index (χ1v) is 8.73. The maximum atomic E-state index is 12.2. The van der Waals surface area contributed by atoms with Crippen molar-refractivity contribution in [2.75, 3.05) is 10.6 Å². The number of pyridine rings is 1. The number of carbonyl (C=O) groups excluding carboxylic acids is 1. The number of anilines is 3. The molecule has 0 spiro atoms. The first-order chi connectivity index (χ1) is 12.1. The summed E-state index contributed by atoms with van der Waals surface area (Å²) in [5.74, 6) is 0.463. The third kappa shape index (κ3) is 4.67. The summed E-state index contributed by atoms with van der Waals surface area (Å²) in [7, 11) is 0. The number of para-hydroxylation sites is 1. The Balaban J connectivity index is 1.62. The van der Waals surface area contributed by atoms with Gasteiger partial charge in [-0.05, 0) is 58.2 Å². The highest BCUT2D eigenvalue weighted by Crippen LogP contribution is 2.25. The number of aryl methyl sites for hydroxylation is 1. The second kappa shape index (κ2) is 7.94. The smallest absolute Gasteiger partial charge is 0.229 e. The zero-order chi connectivity index (χ0) is 17.6. The SMILES string of the molecule is Cc1ccccc1CC(=O)Nc1ccc(Nc2ccccc2Br)cn1. The Morgan fingerprint density at radius 1 is 1.04 bits per heavy atom. The lowest BCUT2D eigenvalue weighted by atomic mass is 10.1. The maximum Gasteiger partial charge on any atom is 0.229 e. The molecular formula is C20H18BrN3O. The summed E-state index contributed by atoms with van der Waals surface area (Å²) in [5.41, 5.74) is 3.94. The molecule has 0 radical (unpaired) electrons. The van der Waals surface area contributed by atoms with E-state index in [1.54, 1.807) is 12.3 Å². The van der Waals surface area contributed by atoms with Gasteiger partial charge in [-0.2, -0.15) is 0 Å². The van der Waals surface area contributed by atoms with Crippen LogP contribution in [0.2, 0.25) is 0 Å². The number of hydrogen-bond donors (Lipinski definition) is 2. The number of amides is 1. The van der Waals surface area contributed by atoms with Crippen molar-refractivity contribution < 1.29 is 4.79 Å². The summed E-state index contributed by atoms with van der Waals surface area (Å²) >= 11 is 3.50. The third-order valence-electron chi connectivity index (χ3n) is 3.80. The van der Waals surface area contributed by atoms with Gasteiger partial charge in [-0.1, -0.05) is 36.4 Å². The van der Waals surface area contributed by atoms with E-state index in [9.17, 15) is 4.79 Å². The molecule has 25 heavy (non-hydrogen) atoms. The Morgan fingerprint density at radius 2 is 1.80 bits per heavy atom. The van der Waals surface area contributed by atoms with Crippen LogP contribution in [-0.4, -0.2) is 10.9 Å². The van der Waals surface area contributed by atoms with E-state index in [1.165, 1.54) is 0 Å². The minimum absolute atomic E-state index is 0.0756. The number of nitrogens with one attached hydrogen (secondary N) is 2. The van der Waals surface area contributed by atoms with E-state index in [-0.39, 0.29) is 5.91 Å². The van der Waals surface area contributed by atoms with Crippen molar-refractivity contribution in [2.45, 2.75) is 13.3 Å². The Labute approximate surface area is 155 Å². The molecule has 2 N–H and O–H groups in total. The molecule has 0 aliphatic rings. The summed E-state index contributed by atoms with van der Waals surface area (Å²) in [6.07, 6.45) is 2.04. The monoisotopic (exact) mass is 395 g/mol. The van der Waals surface area contributed by atoms with Gasteiger partial charge in [0.05, 0.1) is 24.0 Å². The molecule has 0 bridgehead atoms. The van der Waals surface area contributed by atoms with E-state index in [4.69, 9.17) is 0 Å². The van der Waals surface area contributed by atoms with Gasteiger partial charge in [0, 0.05) is 4.47 Å². The minimum atomic E-state index is -0.0756. The van der Waals surface area contributed by atoms with Crippen LogP contribution in [0, 0.1) is 6.92 Å². The second-order valence-electron chi connectivity index (χ2n) is 5.69. The Bertz CT molecular complexity index is 878. The van der Waals surface area contributed by atoms with Crippen molar-refractivity contribution in [3.05, 3.63) is 82.5 Å². The van der Waals surface area contributed by atoms with Crippen LogP contribution in [0.3, 0.4) is 0 Å². The maximum absolute atomic E-state index is 12.2. The van der Waals surface area contributed by atoms with Gasteiger partial charge in [0.25, 0.3) is 0 Å². The van der Waals surface area contributed by atoms with Crippen molar-refractivity contribution in [3.8, 4) is 0 Å². The first kappa shape index (κ1) is 17.2. The molecule has 1 amide bonds. The highest BCUT2D eigenvalue weighted by Gasteiger charge is 2.07. The molecule has 4 nitrogen and oxygen atoms in total. The number of hydrogen-bond acceptors (Lipinski definition) is 3. The van der Waals surface area contributed by atoms with Crippen LogP contribution in [0.15, 0.2) is 71.3 Å². The highest BCUT2D eigenvalue weighted by atomic mass is 79.9. The molecule has 0 atom stereocenters. The van der Waals surface area contributed by atoms with Gasteiger partial charge in [0.15, 0.2) is 0 Å². The Morgan fingerprint density at radius 3 is 2.52 bits per heavy atom. The average Bonchev–Trinajstić information content (AvgIpc) is 2.61. The topological polar surface area (TPSA) is 54.0 Å². The molecule has 3 aromatic rings. The molecule has 0 saturated carbocycles. The molecule has 3 rings (SSSR count). The summed E-state index contributed by atoms with van der Waals surface area (Å²) in [6.45, 7) is 2.00. The summed E-state index contributed by atoms with van der Waals surface area (Å²) in [6, 6.07) is 19.4. The predicted molar refractivity (Wildman–Crippen MR) is 105 cm³/mol. The van der Waals surface area contributed by atoms with E-state index in [1.807, 2.05) is 61.5 Å². The largest absolute Gasteiger partial charge is 0.353 e. The van der Waals surface area contributed by atoms with Crippen molar-refractivity contribution in [2.24, 2.45) is 0 Å². The van der Waals surface area contributed by atoms with Crippen LogP contribution >= 0.6 is 15.9 Å². The van der Waals surface area contributed by atoms with Gasteiger partial charge in [-0.25, -0.2) is 4.98 Å². The molecule has 0 unspecified atom stereocenters. The predicted octanol–water partition coefficient (Wildman–Crippen LogP) is 5.08. The zero-order valence-electron chi connectivity index (χ0n) is 13.8. The number of halogens is 1. The van der Waals surface area contributed by atoms with Crippen molar-refractivity contribution in [1.82, 2.24) is 4.98 Å². The summed E-state index contributed by atoms with van der Waals surface area (Å²) < 4.78 is 0.977. The summed E-state index contributed by atoms with van der Waals surface area (Å²) in [5, 5.41) is 6.11. The molecule has 1 aromatic heterocycles. The molecule has 126 valence electrons. The van der Waals surface area contributed by atoms with Gasteiger partial charge in [-0.15, -0.1) is 0 Å². The summed E-state index contributed by atoms with van der Waals surface area (Å²) in [4.78, 5) is 16.5. The standard InChI is InChI=1S/C20H18BrN3O/c1-14-6-2-3-7-15(14)12-20(25)24-19-11-10-16(13-22-19)23-18-9-5-4-8-17(18)21/h2-11,13,23H,12H2,1H3,(H,22,24,25). The molecule has 0 aliphatic carbocycles. The van der Waals surface area contributed by atoms with Gasteiger partial charge < -0.3 is 10.6 Å². The van der Waals surface area contributed by atoms with Gasteiger partial charge in [0.1, 0.15) is 5.82 Å². The van der Waals surface area contributed by atoms with Crippen LogP contribution in [0.5, 0.6) is 0 Å². The minimum Gasteiger partial charge on any atom is -0.353 e. The number of carbonyl (C=O) groups is 1. The normalized spacial score (nSPS) is 10.3. The molecule has 2 aromatic carbocycles. The van der Waals surface area contributed by atoms with E-state index in [2.05, 4.69) is 31.5 Å². The second-order valence-corrected chi connectivity index (χ2v) is 6.54. The van der Waals surface area contributed by atoms with Crippen LogP contribution in [0.1, 0.15) is 11.1 Å². The number of aromatic nitrogens is 1. The zero-order valence-corrected chi connectivity index (χ0v) is 15.4. The van der Waals surface area contributed by atoms with Crippen LogP contribution in [0.25, 0.3) is 0 Å². The van der Waals surface area contributed by atoms with Gasteiger partial charge >= 0.3 is 0 Å². The van der Waals surface area contributed by atoms with Crippen LogP contribution in [-0.2, 0) is 11.2 Å². The lowest BCUT2D eigenvalue weighted by Crippen LogP contribution is -2.15. The average molecular weight is 396 g/mol. The van der Waals surface area contributed by atoms with Gasteiger partial charge in [-0.3, -0.25) is 4.79 Å². The fraction of sp³-hybridized carbons (Fsp3) is 0.100. The van der Waals surface area contributed by atoms with E-state index in [0.717, 1.165) is 27.0 Å². The first-order valence-electron chi connectivity index (χ1n) is 7.94. The lowest BCUT2D eigenvalue weighted by molar-refractivity contribution is -0.115. The van der Waals surface area contributed by atoms with Gasteiger partial charge in [0.2, 0.25) is 5.91 Å². The number of rotatable bonds is 5. The van der Waals surface area contributed by atoms with Crippen LogP contribution in [0.4, 0.5) is 17.2 Å². The van der Waals surface area contributed by atoms with E-state index in [0.29, 0.717) is 12.2 Å². The molecule has 0 aliphatic heterocycles. The molecule has 0 fully saturated rings.